The third-order valence-electron chi connectivity index (χ3n) is 5.30. The summed E-state index contributed by atoms with van der Waals surface area (Å²) in [6.45, 7) is 5.11. The molecule has 9 heteroatoms. The highest BCUT2D eigenvalue weighted by Crippen LogP contribution is 2.41. The minimum Gasteiger partial charge on any atom is -0.490 e. The van der Waals surface area contributed by atoms with Crippen LogP contribution in [0.2, 0.25) is 0 Å². The molecule has 3 rings (SSSR count). The Kier molecular flexibility index (Phi) is 10.2. The predicted molar refractivity (Wildman–Crippen MR) is 147 cm³/mol. The number of ether oxygens (including phenoxy) is 2. The van der Waals surface area contributed by atoms with Crippen LogP contribution in [0.15, 0.2) is 51.8 Å². The molecule has 1 atom stereocenters. The van der Waals surface area contributed by atoms with E-state index in [-0.39, 0.29) is 4.32 Å². The highest BCUT2D eigenvalue weighted by Gasteiger charge is 2.41. The Hall–Kier alpha value is -2.36. The van der Waals surface area contributed by atoms with Gasteiger partial charge in [0.25, 0.3) is 5.91 Å². The molecule has 2 aromatic carbocycles. The molecule has 0 aromatic heterocycles. The van der Waals surface area contributed by atoms with Crippen LogP contribution in [-0.2, 0) is 9.59 Å². The summed E-state index contributed by atoms with van der Waals surface area (Å²) in [6.07, 6.45) is 6.10. The van der Waals surface area contributed by atoms with E-state index in [1.807, 2.05) is 19.1 Å². The Morgan fingerprint density at radius 2 is 1.91 bits per heavy atom. The number of aliphatic carboxylic acids is 1. The average molecular weight is 579 g/mol. The number of thioether (sulfide) groups is 1. The summed E-state index contributed by atoms with van der Waals surface area (Å²) in [5, 5.41) is 9.86. The molecule has 0 saturated carbocycles. The number of nitrogens with zero attached hydrogens (tertiary/aromatic N) is 1. The summed E-state index contributed by atoms with van der Waals surface area (Å²) in [5.74, 6) is -0.382. The lowest BCUT2D eigenvalue weighted by Gasteiger charge is -2.23. The largest absolute Gasteiger partial charge is 0.490 e. The SMILES string of the molecule is CCCCCCOc1c(Br)cc(/C=C2\SC(=S)N(C(C(=O)O)c3ccccc3)C2=O)cc1OCC. The minimum absolute atomic E-state index is 0.202. The van der Waals surface area contributed by atoms with Crippen molar-refractivity contribution in [1.29, 1.82) is 0 Å². The van der Waals surface area contributed by atoms with Crippen LogP contribution in [0.3, 0.4) is 0 Å². The van der Waals surface area contributed by atoms with Gasteiger partial charge in [0.1, 0.15) is 4.32 Å². The second kappa shape index (κ2) is 13.1. The van der Waals surface area contributed by atoms with E-state index in [9.17, 15) is 14.7 Å². The van der Waals surface area contributed by atoms with Crippen LogP contribution >= 0.6 is 39.9 Å². The number of carboxylic acid groups (broad SMARTS) is 1. The number of unbranched alkanes of at least 4 members (excludes halogenated alkanes) is 3. The Morgan fingerprint density at radius 1 is 1.17 bits per heavy atom. The topological polar surface area (TPSA) is 76.1 Å². The van der Waals surface area contributed by atoms with Gasteiger partial charge >= 0.3 is 5.97 Å². The molecular formula is C26H28BrNO5S2. The number of rotatable bonds is 12. The van der Waals surface area contributed by atoms with E-state index in [4.69, 9.17) is 21.7 Å². The number of halogens is 1. The number of thiocarbonyl (C=S) groups is 1. The van der Waals surface area contributed by atoms with Crippen LogP contribution in [0.25, 0.3) is 6.08 Å². The Bertz CT molecular complexity index is 1110. The lowest BCUT2D eigenvalue weighted by atomic mass is 10.1. The van der Waals surface area contributed by atoms with Crippen molar-refractivity contribution in [2.24, 2.45) is 0 Å². The molecule has 1 fully saturated rings. The van der Waals surface area contributed by atoms with Gasteiger partial charge in [-0.15, -0.1) is 0 Å². The third kappa shape index (κ3) is 6.86. The molecule has 1 aliphatic heterocycles. The van der Waals surface area contributed by atoms with Crippen molar-refractivity contribution in [1.82, 2.24) is 4.90 Å². The second-order valence-electron chi connectivity index (χ2n) is 7.88. The van der Waals surface area contributed by atoms with Gasteiger partial charge in [-0.25, -0.2) is 4.79 Å². The van der Waals surface area contributed by atoms with Gasteiger partial charge in [0, 0.05) is 0 Å². The molecule has 1 unspecified atom stereocenters. The molecule has 0 spiro atoms. The Morgan fingerprint density at radius 3 is 2.57 bits per heavy atom. The van der Waals surface area contributed by atoms with Gasteiger partial charge in [0.2, 0.25) is 0 Å². The van der Waals surface area contributed by atoms with Gasteiger partial charge in [0.05, 0.1) is 22.6 Å². The van der Waals surface area contributed by atoms with Gasteiger partial charge in [-0.05, 0) is 58.6 Å². The molecule has 0 aliphatic carbocycles. The molecular weight excluding hydrogens is 550 g/mol. The van der Waals surface area contributed by atoms with E-state index in [1.54, 1.807) is 36.4 Å². The van der Waals surface area contributed by atoms with Gasteiger partial charge in [-0.1, -0.05) is 80.5 Å². The number of hydrogen-bond donors (Lipinski definition) is 1. The zero-order chi connectivity index (χ0) is 25.4. The van der Waals surface area contributed by atoms with Crippen LogP contribution in [0.1, 0.15) is 56.7 Å². The first kappa shape index (κ1) is 27.2. The molecule has 1 heterocycles. The van der Waals surface area contributed by atoms with Crippen molar-refractivity contribution < 1.29 is 24.2 Å². The van der Waals surface area contributed by atoms with Gasteiger partial charge in [-0.3, -0.25) is 9.69 Å². The quantitative estimate of drug-likeness (QED) is 0.168. The van der Waals surface area contributed by atoms with Gasteiger partial charge in [-0.2, -0.15) is 0 Å². The molecule has 1 amide bonds. The smallest absolute Gasteiger partial charge is 0.331 e. The van der Waals surface area contributed by atoms with Crippen LogP contribution in [-0.4, -0.2) is 39.4 Å². The molecule has 6 nitrogen and oxygen atoms in total. The molecule has 0 bridgehead atoms. The molecule has 186 valence electrons. The fourth-order valence-electron chi connectivity index (χ4n) is 3.67. The number of benzene rings is 2. The third-order valence-corrected chi connectivity index (χ3v) is 7.22. The van der Waals surface area contributed by atoms with Gasteiger partial charge < -0.3 is 14.6 Å². The summed E-state index contributed by atoms with van der Waals surface area (Å²) in [4.78, 5) is 26.8. The summed E-state index contributed by atoms with van der Waals surface area (Å²) >= 11 is 10.1. The minimum atomic E-state index is -1.19. The van der Waals surface area contributed by atoms with E-state index >= 15 is 0 Å². The maximum atomic E-state index is 13.2. The second-order valence-corrected chi connectivity index (χ2v) is 10.4. The fraction of sp³-hybridized carbons (Fsp3) is 0.346. The molecule has 1 saturated heterocycles. The summed E-state index contributed by atoms with van der Waals surface area (Å²) in [7, 11) is 0. The van der Waals surface area contributed by atoms with E-state index in [1.165, 1.54) is 6.42 Å². The maximum Gasteiger partial charge on any atom is 0.331 e. The fourth-order valence-corrected chi connectivity index (χ4v) is 5.56. The van der Waals surface area contributed by atoms with E-state index < -0.39 is 17.9 Å². The predicted octanol–water partition coefficient (Wildman–Crippen LogP) is 6.83. The highest BCUT2D eigenvalue weighted by atomic mass is 79.9. The lowest BCUT2D eigenvalue weighted by Crippen LogP contribution is -2.37. The number of hydrogen-bond acceptors (Lipinski definition) is 6. The first-order valence-corrected chi connectivity index (χ1v) is 13.5. The van der Waals surface area contributed by atoms with E-state index in [0.29, 0.717) is 45.2 Å². The van der Waals surface area contributed by atoms with Crippen molar-refractivity contribution in [2.45, 2.75) is 45.6 Å². The normalized spacial score (nSPS) is 15.5. The number of carbonyl (C=O) groups excluding carboxylic acids is 1. The molecule has 35 heavy (non-hydrogen) atoms. The lowest BCUT2D eigenvalue weighted by molar-refractivity contribution is -0.145. The molecule has 2 aromatic rings. The van der Waals surface area contributed by atoms with E-state index in [0.717, 1.165) is 35.9 Å². The number of amides is 1. The van der Waals surface area contributed by atoms with Crippen LogP contribution < -0.4 is 9.47 Å². The summed E-state index contributed by atoms with van der Waals surface area (Å²) in [6, 6.07) is 11.1. The van der Waals surface area contributed by atoms with Crippen molar-refractivity contribution in [3.8, 4) is 11.5 Å². The first-order chi connectivity index (χ1) is 16.9. The zero-order valence-corrected chi connectivity index (χ0v) is 22.9. The molecule has 0 radical (unpaired) electrons. The maximum absolute atomic E-state index is 13.2. The summed E-state index contributed by atoms with van der Waals surface area (Å²) < 4.78 is 12.7. The monoisotopic (exact) mass is 577 g/mol. The van der Waals surface area contributed by atoms with Crippen molar-refractivity contribution in [2.75, 3.05) is 13.2 Å². The first-order valence-electron chi connectivity index (χ1n) is 11.5. The van der Waals surface area contributed by atoms with Crippen molar-refractivity contribution in [3.05, 3.63) is 63.0 Å². The standard InChI is InChI=1S/C26H28BrNO5S2/c1-3-5-6-10-13-33-23-19(27)14-17(15-20(23)32-4-2)16-21-24(29)28(26(34)35-21)22(25(30)31)18-11-8-7-9-12-18/h7-9,11-12,14-16,22H,3-6,10,13H2,1-2H3,(H,30,31)/b21-16-. The Balaban J connectivity index is 1.86. The van der Waals surface area contributed by atoms with Crippen LogP contribution in [0, 0.1) is 0 Å². The number of carboxylic acids is 1. The van der Waals surface area contributed by atoms with Crippen LogP contribution in [0.4, 0.5) is 0 Å². The zero-order valence-electron chi connectivity index (χ0n) is 19.7. The van der Waals surface area contributed by atoms with Gasteiger partial charge in [0.15, 0.2) is 17.5 Å². The molecule has 1 aliphatic rings. The average Bonchev–Trinajstić information content (AvgIpc) is 3.09. The van der Waals surface area contributed by atoms with Crippen LogP contribution in [0.5, 0.6) is 11.5 Å². The highest BCUT2D eigenvalue weighted by molar-refractivity contribution is 9.10. The molecule has 1 N–H and O–H groups in total. The van der Waals surface area contributed by atoms with E-state index in [2.05, 4.69) is 22.9 Å². The summed E-state index contributed by atoms with van der Waals surface area (Å²) in [5.41, 5.74) is 1.20. The number of carbonyl (C=O) groups is 2. The Labute approximate surface area is 223 Å². The van der Waals surface area contributed by atoms with Crippen molar-refractivity contribution in [3.63, 3.8) is 0 Å². The van der Waals surface area contributed by atoms with Crippen molar-refractivity contribution >= 4 is 62.2 Å².